The highest BCUT2D eigenvalue weighted by Gasteiger charge is 2.34. The van der Waals surface area contributed by atoms with E-state index in [4.69, 9.17) is 0 Å². The van der Waals surface area contributed by atoms with Crippen molar-refractivity contribution in [2.45, 2.75) is 52.5 Å². The molecule has 0 aromatic heterocycles. The summed E-state index contributed by atoms with van der Waals surface area (Å²) >= 11 is 0. The number of benzene rings is 1. The molecule has 0 saturated carbocycles. The van der Waals surface area contributed by atoms with Crippen LogP contribution in [0.1, 0.15) is 67.2 Å². The zero-order chi connectivity index (χ0) is 23.1. The maximum absolute atomic E-state index is 12.4. The van der Waals surface area contributed by atoms with Crippen molar-refractivity contribution < 1.29 is 14.4 Å². The number of fused-ring (bicyclic) bond motifs is 1. The smallest absolute Gasteiger partial charge is 0.261 e. The van der Waals surface area contributed by atoms with Gasteiger partial charge in [0.25, 0.3) is 11.8 Å². The van der Waals surface area contributed by atoms with Gasteiger partial charge in [0.15, 0.2) is 5.96 Å². The van der Waals surface area contributed by atoms with Gasteiger partial charge in [-0.3, -0.25) is 24.3 Å². The fraction of sp³-hybridized carbons (Fsp3) is 0.583. The van der Waals surface area contributed by atoms with Crippen molar-refractivity contribution >= 4 is 23.7 Å². The Morgan fingerprint density at radius 1 is 1.09 bits per heavy atom. The number of hydrogen-bond donors (Lipinski definition) is 2. The van der Waals surface area contributed by atoms with E-state index in [1.54, 1.807) is 24.3 Å². The Hall–Kier alpha value is -2.90. The van der Waals surface area contributed by atoms with E-state index in [2.05, 4.69) is 15.6 Å². The van der Waals surface area contributed by atoms with Crippen LogP contribution in [0.2, 0.25) is 0 Å². The number of guanidine groups is 1. The van der Waals surface area contributed by atoms with Crippen LogP contribution in [-0.2, 0) is 4.79 Å². The van der Waals surface area contributed by atoms with Crippen LogP contribution in [0.3, 0.4) is 0 Å². The van der Waals surface area contributed by atoms with Crippen molar-refractivity contribution in [1.29, 1.82) is 0 Å². The van der Waals surface area contributed by atoms with E-state index in [9.17, 15) is 14.4 Å². The van der Waals surface area contributed by atoms with Crippen molar-refractivity contribution in [2.24, 2.45) is 10.9 Å². The lowest BCUT2D eigenvalue weighted by molar-refractivity contribution is -0.135. The Balaban J connectivity index is 1.42. The minimum atomic E-state index is -0.202. The lowest BCUT2D eigenvalue weighted by Gasteiger charge is -2.34. The molecule has 0 unspecified atom stereocenters. The van der Waals surface area contributed by atoms with Crippen LogP contribution in [0.25, 0.3) is 0 Å². The first-order chi connectivity index (χ1) is 15.4. The van der Waals surface area contributed by atoms with Crippen LogP contribution < -0.4 is 10.6 Å². The van der Waals surface area contributed by atoms with Crippen molar-refractivity contribution in [3.63, 3.8) is 0 Å². The summed E-state index contributed by atoms with van der Waals surface area (Å²) in [5.41, 5.74) is 0.991. The molecule has 3 amide bonds. The third-order valence-corrected chi connectivity index (χ3v) is 5.92. The second-order valence-corrected chi connectivity index (χ2v) is 8.67. The molecule has 174 valence electrons. The highest BCUT2D eigenvalue weighted by Crippen LogP contribution is 2.22. The molecular weight excluding hydrogens is 406 g/mol. The number of aliphatic imine (C=N–C) groups is 1. The number of amides is 3. The molecule has 2 heterocycles. The number of nitrogens with one attached hydrogen (secondary N) is 2. The zero-order valence-corrected chi connectivity index (χ0v) is 19.4. The monoisotopic (exact) mass is 441 g/mol. The minimum Gasteiger partial charge on any atom is -0.357 e. The van der Waals surface area contributed by atoms with E-state index in [-0.39, 0.29) is 23.6 Å². The standard InChI is InChI=1S/C24H35N5O3/c1-4-25-24(27-18-11-15-28(16-12-18)21(30)17(2)3)26-13-7-8-14-29-22(31)19-9-5-6-10-20(19)23(29)32/h5-6,9-10,17-18H,4,7-8,11-16H2,1-3H3,(H2,25,26,27). The van der Waals surface area contributed by atoms with E-state index < -0.39 is 0 Å². The lowest BCUT2D eigenvalue weighted by Crippen LogP contribution is -2.50. The molecule has 0 bridgehead atoms. The predicted molar refractivity (Wildman–Crippen MR) is 125 cm³/mol. The fourth-order valence-electron chi connectivity index (χ4n) is 4.14. The molecule has 1 aromatic rings. The van der Waals surface area contributed by atoms with Gasteiger partial charge in [0.2, 0.25) is 5.91 Å². The van der Waals surface area contributed by atoms with Gasteiger partial charge >= 0.3 is 0 Å². The van der Waals surface area contributed by atoms with Gasteiger partial charge < -0.3 is 15.5 Å². The summed E-state index contributed by atoms with van der Waals surface area (Å²) in [5.74, 6) is 0.639. The Morgan fingerprint density at radius 3 is 2.28 bits per heavy atom. The number of imide groups is 1. The van der Waals surface area contributed by atoms with Gasteiger partial charge in [0.05, 0.1) is 11.1 Å². The SMILES string of the molecule is CCNC(=NCCCCN1C(=O)c2ccccc2C1=O)NC1CCN(C(=O)C(C)C)CC1. The average molecular weight is 442 g/mol. The van der Waals surface area contributed by atoms with Crippen molar-refractivity contribution in [3.8, 4) is 0 Å². The minimum absolute atomic E-state index is 0.0405. The largest absolute Gasteiger partial charge is 0.357 e. The Kier molecular flexibility index (Phi) is 8.25. The molecule has 32 heavy (non-hydrogen) atoms. The van der Waals surface area contributed by atoms with E-state index in [0.717, 1.165) is 44.9 Å². The first kappa shape index (κ1) is 23.8. The van der Waals surface area contributed by atoms with E-state index in [1.807, 2.05) is 25.7 Å². The molecule has 2 aliphatic heterocycles. The molecule has 3 rings (SSSR count). The average Bonchev–Trinajstić information content (AvgIpc) is 3.04. The van der Waals surface area contributed by atoms with E-state index >= 15 is 0 Å². The van der Waals surface area contributed by atoms with Crippen molar-refractivity contribution in [2.75, 3.05) is 32.7 Å². The van der Waals surface area contributed by atoms with Crippen LogP contribution in [0, 0.1) is 5.92 Å². The summed E-state index contributed by atoms with van der Waals surface area (Å²) in [4.78, 5) is 44.9. The summed E-state index contributed by atoms with van der Waals surface area (Å²) in [6, 6.07) is 7.27. The van der Waals surface area contributed by atoms with E-state index in [0.29, 0.717) is 36.7 Å². The van der Waals surface area contributed by atoms with Crippen molar-refractivity contribution in [3.05, 3.63) is 35.4 Å². The van der Waals surface area contributed by atoms with Crippen LogP contribution in [0.5, 0.6) is 0 Å². The Bertz CT molecular complexity index is 824. The number of hydrogen-bond acceptors (Lipinski definition) is 4. The second-order valence-electron chi connectivity index (χ2n) is 8.67. The van der Waals surface area contributed by atoms with E-state index in [1.165, 1.54) is 4.90 Å². The van der Waals surface area contributed by atoms with Gasteiger partial charge in [-0.1, -0.05) is 26.0 Å². The van der Waals surface area contributed by atoms with Crippen LogP contribution in [-0.4, -0.2) is 72.2 Å². The topological polar surface area (TPSA) is 94.1 Å². The summed E-state index contributed by atoms with van der Waals surface area (Å²) in [6.07, 6.45) is 3.31. The van der Waals surface area contributed by atoms with Gasteiger partial charge in [0.1, 0.15) is 0 Å². The number of likely N-dealkylation sites (tertiary alicyclic amines) is 1. The Morgan fingerprint density at radius 2 is 1.72 bits per heavy atom. The fourth-order valence-corrected chi connectivity index (χ4v) is 4.14. The number of piperidine rings is 1. The molecule has 0 atom stereocenters. The number of nitrogens with zero attached hydrogens (tertiary/aromatic N) is 3. The Labute approximate surface area is 190 Å². The highest BCUT2D eigenvalue weighted by molar-refractivity contribution is 6.21. The van der Waals surface area contributed by atoms with Gasteiger partial charge in [0, 0.05) is 44.7 Å². The predicted octanol–water partition coefficient (Wildman–Crippen LogP) is 2.26. The maximum Gasteiger partial charge on any atom is 0.261 e. The molecule has 8 heteroatoms. The number of rotatable bonds is 8. The third kappa shape index (κ3) is 5.66. The molecule has 8 nitrogen and oxygen atoms in total. The highest BCUT2D eigenvalue weighted by atomic mass is 16.2. The van der Waals surface area contributed by atoms with Crippen LogP contribution >= 0.6 is 0 Å². The second kappa shape index (κ2) is 11.1. The molecule has 2 aliphatic rings. The van der Waals surface area contributed by atoms with Gasteiger partial charge in [-0.15, -0.1) is 0 Å². The molecule has 0 spiro atoms. The maximum atomic E-state index is 12.4. The quantitative estimate of drug-likeness (QED) is 0.279. The molecule has 1 saturated heterocycles. The summed E-state index contributed by atoms with van der Waals surface area (Å²) in [7, 11) is 0. The van der Waals surface area contributed by atoms with Crippen molar-refractivity contribution in [1.82, 2.24) is 20.4 Å². The number of carbonyl (C=O) groups excluding carboxylic acids is 3. The molecule has 1 fully saturated rings. The summed E-state index contributed by atoms with van der Waals surface area (Å²) < 4.78 is 0. The molecular formula is C24H35N5O3. The first-order valence-corrected chi connectivity index (χ1v) is 11.7. The normalized spacial score (nSPS) is 17.2. The number of carbonyl (C=O) groups is 3. The molecule has 2 N–H and O–H groups in total. The molecule has 0 radical (unpaired) electrons. The first-order valence-electron chi connectivity index (χ1n) is 11.7. The summed E-state index contributed by atoms with van der Waals surface area (Å²) in [5, 5.41) is 6.77. The van der Waals surface area contributed by atoms with Crippen LogP contribution in [0.4, 0.5) is 0 Å². The molecule has 0 aliphatic carbocycles. The molecule has 1 aromatic carbocycles. The van der Waals surface area contributed by atoms with Crippen LogP contribution in [0.15, 0.2) is 29.3 Å². The van der Waals surface area contributed by atoms with Gasteiger partial charge in [-0.05, 0) is 44.7 Å². The zero-order valence-electron chi connectivity index (χ0n) is 19.4. The van der Waals surface area contributed by atoms with Gasteiger partial charge in [-0.25, -0.2) is 0 Å². The summed E-state index contributed by atoms with van der Waals surface area (Å²) in [6.45, 7) is 9.25. The lowest BCUT2D eigenvalue weighted by atomic mass is 10.0. The number of unbranched alkanes of at least 4 members (excludes halogenated alkanes) is 1. The van der Waals surface area contributed by atoms with Gasteiger partial charge in [-0.2, -0.15) is 0 Å². The third-order valence-electron chi connectivity index (χ3n) is 5.92.